The van der Waals surface area contributed by atoms with Gasteiger partial charge in [-0.05, 0) is 81.5 Å². The van der Waals surface area contributed by atoms with Gasteiger partial charge in [0, 0.05) is 55.6 Å². The Labute approximate surface area is 282 Å². The van der Waals surface area contributed by atoms with E-state index in [0.717, 1.165) is 24.2 Å². The topological polar surface area (TPSA) is 117 Å². The first-order valence-electron chi connectivity index (χ1n) is 16.2. The summed E-state index contributed by atoms with van der Waals surface area (Å²) in [7, 11) is 3.75. The average Bonchev–Trinajstić information content (AvgIpc) is 3.11. The molecule has 1 saturated heterocycles. The molecule has 0 aromatic heterocycles. The highest BCUT2D eigenvalue weighted by molar-refractivity contribution is 6.08. The van der Waals surface area contributed by atoms with Crippen LogP contribution < -0.4 is 25.4 Å². The number of anilines is 2. The molecule has 4 aromatic rings. The van der Waals surface area contributed by atoms with Crippen LogP contribution in [-0.4, -0.2) is 80.9 Å². The Bertz CT molecular complexity index is 1730. The normalized spacial score (nSPS) is 13.1. The molecule has 1 aliphatic rings. The van der Waals surface area contributed by atoms with Gasteiger partial charge in [-0.1, -0.05) is 42.0 Å². The van der Waals surface area contributed by atoms with Gasteiger partial charge in [0.15, 0.2) is 0 Å². The van der Waals surface area contributed by atoms with Crippen LogP contribution in [0, 0.1) is 6.92 Å². The molecule has 4 aromatic carbocycles. The van der Waals surface area contributed by atoms with Crippen molar-refractivity contribution < 1.29 is 23.9 Å². The van der Waals surface area contributed by atoms with Crippen LogP contribution in [0.2, 0.25) is 0 Å². The lowest BCUT2D eigenvalue weighted by molar-refractivity contribution is 0.0661. The molecule has 0 aliphatic carbocycles. The Kier molecular flexibility index (Phi) is 11.4. The van der Waals surface area contributed by atoms with E-state index in [1.165, 1.54) is 4.90 Å². The molecule has 10 nitrogen and oxygen atoms in total. The van der Waals surface area contributed by atoms with Crippen LogP contribution in [0.5, 0.6) is 11.5 Å². The molecule has 5 rings (SSSR count). The third-order valence-corrected chi connectivity index (χ3v) is 8.33. The van der Waals surface area contributed by atoms with Gasteiger partial charge in [-0.15, -0.1) is 0 Å². The van der Waals surface area contributed by atoms with E-state index in [1.807, 2.05) is 60.4 Å². The van der Waals surface area contributed by atoms with E-state index in [2.05, 4.69) is 17.3 Å². The number of likely N-dealkylation sites (N-methyl/N-ethyl adjacent to an activating group) is 1. The minimum absolute atomic E-state index is 0.00525. The number of nitrogens with two attached hydrogens (primary N) is 1. The molecule has 0 spiro atoms. The summed E-state index contributed by atoms with van der Waals surface area (Å²) < 4.78 is 12.0. The largest absolute Gasteiger partial charge is 0.493 e. The van der Waals surface area contributed by atoms with Crippen LogP contribution in [0.25, 0.3) is 0 Å². The molecule has 0 bridgehead atoms. The van der Waals surface area contributed by atoms with Crippen molar-refractivity contribution in [3.63, 3.8) is 0 Å². The predicted octanol–water partition coefficient (Wildman–Crippen LogP) is 5.22. The summed E-state index contributed by atoms with van der Waals surface area (Å²) in [5.41, 5.74) is 9.96. The van der Waals surface area contributed by atoms with Crippen LogP contribution >= 0.6 is 0 Å². The second-order valence-electron chi connectivity index (χ2n) is 11.9. The lowest BCUT2D eigenvalue weighted by atomic mass is 10.0. The van der Waals surface area contributed by atoms with Crippen molar-refractivity contribution in [2.24, 2.45) is 5.73 Å². The first-order chi connectivity index (χ1) is 23.2. The van der Waals surface area contributed by atoms with Gasteiger partial charge in [0.2, 0.25) is 0 Å². The lowest BCUT2D eigenvalue weighted by Crippen LogP contribution is -2.47. The number of nitrogens with one attached hydrogen (secondary N) is 1. The van der Waals surface area contributed by atoms with Crippen molar-refractivity contribution in [2.45, 2.75) is 20.0 Å². The summed E-state index contributed by atoms with van der Waals surface area (Å²) in [6.07, 6.45) is 0.683. The van der Waals surface area contributed by atoms with Gasteiger partial charge >= 0.3 is 0 Å². The van der Waals surface area contributed by atoms with Gasteiger partial charge in [-0.25, -0.2) is 0 Å². The zero-order valence-corrected chi connectivity index (χ0v) is 27.8. The van der Waals surface area contributed by atoms with E-state index in [9.17, 15) is 14.4 Å². The number of benzene rings is 4. The summed E-state index contributed by atoms with van der Waals surface area (Å²) in [5, 5.41) is 2.88. The van der Waals surface area contributed by atoms with Crippen molar-refractivity contribution in [3.8, 4) is 11.5 Å². The first kappa shape index (κ1) is 34.2. The van der Waals surface area contributed by atoms with Crippen molar-refractivity contribution in [1.29, 1.82) is 0 Å². The maximum absolute atomic E-state index is 13.6. The minimum atomic E-state index is -0.317. The molecule has 0 radical (unpaired) electrons. The smallest absolute Gasteiger partial charge is 0.259 e. The third kappa shape index (κ3) is 8.39. The minimum Gasteiger partial charge on any atom is -0.493 e. The zero-order valence-electron chi connectivity index (χ0n) is 27.8. The number of aryl methyl sites for hydroxylation is 1. The highest BCUT2D eigenvalue weighted by Crippen LogP contribution is 2.30. The molecule has 0 saturated carbocycles. The predicted molar refractivity (Wildman–Crippen MR) is 188 cm³/mol. The van der Waals surface area contributed by atoms with E-state index in [0.29, 0.717) is 72.2 Å². The highest BCUT2D eigenvalue weighted by Gasteiger charge is 2.24. The second-order valence-corrected chi connectivity index (χ2v) is 11.9. The van der Waals surface area contributed by atoms with Crippen molar-refractivity contribution >= 4 is 29.1 Å². The first-order valence-corrected chi connectivity index (χ1v) is 16.2. The van der Waals surface area contributed by atoms with Crippen molar-refractivity contribution in [3.05, 3.63) is 119 Å². The third-order valence-electron chi connectivity index (χ3n) is 8.33. The van der Waals surface area contributed by atoms with E-state index >= 15 is 0 Å². The molecule has 0 atom stereocenters. The molecule has 250 valence electrons. The monoisotopic (exact) mass is 649 g/mol. The van der Waals surface area contributed by atoms with Gasteiger partial charge < -0.3 is 35.2 Å². The molecular weight excluding hydrogens is 606 g/mol. The summed E-state index contributed by atoms with van der Waals surface area (Å²) in [4.78, 5) is 45.7. The number of nitrogens with zero attached hydrogens (tertiary/aromatic N) is 3. The second kappa shape index (κ2) is 16.1. The van der Waals surface area contributed by atoms with Crippen LogP contribution in [0.3, 0.4) is 0 Å². The number of piperazine rings is 1. The van der Waals surface area contributed by atoms with Crippen LogP contribution in [0.4, 0.5) is 11.4 Å². The van der Waals surface area contributed by atoms with E-state index in [-0.39, 0.29) is 24.3 Å². The van der Waals surface area contributed by atoms with Gasteiger partial charge in [0.25, 0.3) is 17.7 Å². The Morgan fingerprint density at radius 3 is 2.25 bits per heavy atom. The SMILES string of the molecule is Cc1ccc(COc2ccccc2N(C)C(=O)c2ccc(NC(=O)c3ccccc3OCCCN)cc2)c(C(=O)N2CCN(C)CC2)c1. The number of hydrogen-bond donors (Lipinski definition) is 2. The maximum Gasteiger partial charge on any atom is 0.259 e. The number of hydrogen-bond acceptors (Lipinski definition) is 7. The fourth-order valence-electron chi connectivity index (χ4n) is 5.45. The van der Waals surface area contributed by atoms with Crippen LogP contribution in [0.15, 0.2) is 91.0 Å². The lowest BCUT2D eigenvalue weighted by Gasteiger charge is -2.33. The van der Waals surface area contributed by atoms with E-state index < -0.39 is 0 Å². The molecule has 0 unspecified atom stereocenters. The molecule has 1 heterocycles. The fourth-order valence-corrected chi connectivity index (χ4v) is 5.45. The number of para-hydroxylation sites is 3. The molecule has 3 N–H and O–H groups in total. The van der Waals surface area contributed by atoms with E-state index in [1.54, 1.807) is 49.5 Å². The molecular formula is C38H43N5O5. The summed E-state index contributed by atoms with van der Waals surface area (Å²) in [5.74, 6) is 0.443. The summed E-state index contributed by atoms with van der Waals surface area (Å²) in [6, 6.07) is 26.9. The molecule has 3 amide bonds. The summed E-state index contributed by atoms with van der Waals surface area (Å²) in [6.45, 7) is 6.12. The van der Waals surface area contributed by atoms with Crippen LogP contribution in [-0.2, 0) is 6.61 Å². The number of carbonyl (C=O) groups is 3. The van der Waals surface area contributed by atoms with Gasteiger partial charge in [0.1, 0.15) is 18.1 Å². The fraction of sp³-hybridized carbons (Fsp3) is 0.289. The van der Waals surface area contributed by atoms with Gasteiger partial charge in [-0.3, -0.25) is 14.4 Å². The summed E-state index contributed by atoms with van der Waals surface area (Å²) >= 11 is 0. The van der Waals surface area contributed by atoms with E-state index in [4.69, 9.17) is 15.2 Å². The maximum atomic E-state index is 13.6. The number of ether oxygens (including phenoxy) is 2. The standard InChI is InChI=1S/C38H43N5O5/c1-27-13-14-29(32(25-27)38(46)43-22-20-41(2)21-23-43)26-48-35-12-7-5-10-33(35)42(3)37(45)28-15-17-30(18-16-28)40-36(44)31-9-4-6-11-34(31)47-24-8-19-39/h4-7,9-18,25H,8,19-24,26,39H2,1-3H3,(H,40,44). The van der Waals surface area contributed by atoms with Gasteiger partial charge in [0.05, 0.1) is 17.9 Å². The Balaban J connectivity index is 1.25. The zero-order chi connectivity index (χ0) is 34.0. The average molecular weight is 650 g/mol. The quantitative estimate of drug-likeness (QED) is 0.202. The Morgan fingerprint density at radius 2 is 1.52 bits per heavy atom. The molecule has 1 aliphatic heterocycles. The number of rotatable bonds is 12. The van der Waals surface area contributed by atoms with Gasteiger partial charge in [-0.2, -0.15) is 0 Å². The van der Waals surface area contributed by atoms with Crippen LogP contribution in [0.1, 0.15) is 48.6 Å². The highest BCUT2D eigenvalue weighted by atomic mass is 16.5. The Hall–Kier alpha value is -5.19. The molecule has 1 fully saturated rings. The van der Waals surface area contributed by atoms with Crippen molar-refractivity contribution in [1.82, 2.24) is 9.80 Å². The number of amides is 3. The number of carbonyl (C=O) groups excluding carboxylic acids is 3. The molecule has 48 heavy (non-hydrogen) atoms. The van der Waals surface area contributed by atoms with Crippen molar-refractivity contribution in [2.75, 3.05) is 63.6 Å². The Morgan fingerprint density at radius 1 is 0.833 bits per heavy atom. The molecule has 10 heteroatoms.